The molecule has 0 bridgehead atoms. The molecular weight excluding hydrogens is 252 g/mol. The van der Waals surface area contributed by atoms with E-state index in [0.717, 1.165) is 30.4 Å². The van der Waals surface area contributed by atoms with E-state index < -0.39 is 0 Å². The summed E-state index contributed by atoms with van der Waals surface area (Å²) in [7, 11) is 0. The molecule has 1 fully saturated rings. The zero-order chi connectivity index (χ0) is 14.5. The number of carbonyl (C=O) groups excluding carboxylic acids is 1. The molecule has 0 spiro atoms. The molecule has 1 amide bonds. The molecule has 0 aliphatic heterocycles. The van der Waals surface area contributed by atoms with Gasteiger partial charge in [-0.2, -0.15) is 5.10 Å². The number of carbonyl (C=O) groups is 1. The Bertz CT molecular complexity index is 447. The van der Waals surface area contributed by atoms with Crippen LogP contribution in [0, 0.1) is 11.8 Å². The summed E-state index contributed by atoms with van der Waals surface area (Å²) in [6.07, 6.45) is 7.05. The molecule has 1 aliphatic rings. The van der Waals surface area contributed by atoms with Crippen molar-refractivity contribution in [1.82, 2.24) is 15.5 Å². The van der Waals surface area contributed by atoms with Crippen molar-refractivity contribution in [1.29, 1.82) is 0 Å². The Balaban J connectivity index is 1.76. The molecule has 0 atom stereocenters. The summed E-state index contributed by atoms with van der Waals surface area (Å²) in [6, 6.07) is 0. The second-order valence-electron chi connectivity index (χ2n) is 5.99. The summed E-state index contributed by atoms with van der Waals surface area (Å²) in [5.41, 5.74) is 7.54. The molecule has 0 aromatic carbocycles. The lowest BCUT2D eigenvalue weighted by molar-refractivity contribution is 0.0945. The van der Waals surface area contributed by atoms with E-state index >= 15 is 0 Å². The number of aromatic amines is 1. The minimum Gasteiger partial charge on any atom is -0.395 e. The number of nitrogens with one attached hydrogen (secondary N) is 2. The summed E-state index contributed by atoms with van der Waals surface area (Å²) in [5.74, 6) is 1.47. The highest BCUT2D eigenvalue weighted by molar-refractivity contribution is 5.97. The number of amides is 1. The van der Waals surface area contributed by atoms with Crippen molar-refractivity contribution in [2.24, 2.45) is 11.8 Å². The fraction of sp³-hybridized carbons (Fsp3) is 0.733. The van der Waals surface area contributed by atoms with E-state index in [-0.39, 0.29) is 5.91 Å². The lowest BCUT2D eigenvalue weighted by Gasteiger charge is -2.26. The summed E-state index contributed by atoms with van der Waals surface area (Å²) in [6.45, 7) is 5.02. The second-order valence-corrected chi connectivity index (χ2v) is 5.99. The minimum atomic E-state index is -0.164. The number of hydrogen-bond acceptors (Lipinski definition) is 3. The van der Waals surface area contributed by atoms with Gasteiger partial charge in [0.2, 0.25) is 0 Å². The third-order valence-corrected chi connectivity index (χ3v) is 4.43. The largest absolute Gasteiger partial charge is 0.395 e. The molecule has 112 valence electrons. The molecule has 1 aromatic rings. The fourth-order valence-electron chi connectivity index (χ4n) is 2.92. The molecule has 1 aliphatic carbocycles. The van der Waals surface area contributed by atoms with Crippen molar-refractivity contribution in [2.75, 3.05) is 12.3 Å². The van der Waals surface area contributed by atoms with E-state index in [0.29, 0.717) is 17.9 Å². The van der Waals surface area contributed by atoms with Gasteiger partial charge < -0.3 is 11.1 Å². The molecule has 20 heavy (non-hydrogen) atoms. The molecule has 4 N–H and O–H groups in total. The Morgan fingerprint density at radius 1 is 1.40 bits per heavy atom. The maximum absolute atomic E-state index is 12.0. The fourth-order valence-corrected chi connectivity index (χ4v) is 2.92. The first-order chi connectivity index (χ1) is 9.61. The molecule has 1 heterocycles. The molecular formula is C15H26N4O. The molecule has 1 saturated carbocycles. The normalized spacial score (nSPS) is 22.7. The number of nitrogens with two attached hydrogens (primary N) is 1. The number of nitrogens with zero attached hydrogens (tertiary/aromatic N) is 1. The van der Waals surface area contributed by atoms with Gasteiger partial charge in [0, 0.05) is 6.54 Å². The number of H-pyrrole nitrogens is 1. The van der Waals surface area contributed by atoms with E-state index in [1.807, 2.05) is 6.92 Å². The Labute approximate surface area is 120 Å². The van der Waals surface area contributed by atoms with E-state index in [2.05, 4.69) is 22.4 Å². The van der Waals surface area contributed by atoms with E-state index in [9.17, 15) is 4.79 Å². The van der Waals surface area contributed by atoms with Crippen LogP contribution in [0.4, 0.5) is 5.69 Å². The number of aryl methyl sites for hydroxylation is 1. The number of anilines is 1. The maximum Gasteiger partial charge on any atom is 0.273 e. The van der Waals surface area contributed by atoms with Gasteiger partial charge in [-0.25, -0.2) is 0 Å². The van der Waals surface area contributed by atoms with Gasteiger partial charge in [-0.3, -0.25) is 9.89 Å². The minimum absolute atomic E-state index is 0.164. The highest BCUT2D eigenvalue weighted by Crippen LogP contribution is 2.29. The molecule has 0 radical (unpaired) electrons. The van der Waals surface area contributed by atoms with Crippen LogP contribution in [0.2, 0.25) is 0 Å². The SMILES string of the molecule is CCc1[nH]nc(C(=O)NCCC2CCC(C)CC2)c1N. The number of nitrogen functional groups attached to an aromatic ring is 1. The molecule has 2 rings (SSSR count). The molecule has 5 nitrogen and oxygen atoms in total. The molecule has 0 unspecified atom stereocenters. The smallest absolute Gasteiger partial charge is 0.273 e. The zero-order valence-electron chi connectivity index (χ0n) is 12.5. The van der Waals surface area contributed by atoms with Gasteiger partial charge in [0.15, 0.2) is 5.69 Å². The monoisotopic (exact) mass is 278 g/mol. The van der Waals surface area contributed by atoms with Crippen LogP contribution >= 0.6 is 0 Å². The van der Waals surface area contributed by atoms with Gasteiger partial charge in [-0.05, 0) is 24.7 Å². The third kappa shape index (κ3) is 3.52. The van der Waals surface area contributed by atoms with Gasteiger partial charge >= 0.3 is 0 Å². The van der Waals surface area contributed by atoms with E-state index in [1.165, 1.54) is 25.7 Å². The van der Waals surface area contributed by atoms with Crippen LogP contribution in [-0.2, 0) is 6.42 Å². The van der Waals surface area contributed by atoms with E-state index in [4.69, 9.17) is 5.73 Å². The van der Waals surface area contributed by atoms with Gasteiger partial charge in [0.1, 0.15) is 0 Å². The molecule has 0 saturated heterocycles. The van der Waals surface area contributed by atoms with Gasteiger partial charge in [0.25, 0.3) is 5.91 Å². The predicted octanol–water partition coefficient (Wildman–Crippen LogP) is 2.50. The lowest BCUT2D eigenvalue weighted by Crippen LogP contribution is -2.27. The highest BCUT2D eigenvalue weighted by atomic mass is 16.1. The standard InChI is InChI=1S/C15H26N4O/c1-3-12-13(16)14(19-18-12)15(20)17-9-8-11-6-4-10(2)5-7-11/h10-11H,3-9,16H2,1-2H3,(H,17,20)(H,18,19). The van der Waals surface area contributed by atoms with Crippen LogP contribution in [0.15, 0.2) is 0 Å². The summed E-state index contributed by atoms with van der Waals surface area (Å²) >= 11 is 0. The molecule has 5 heteroatoms. The average Bonchev–Trinajstić information content (AvgIpc) is 2.82. The Morgan fingerprint density at radius 3 is 2.70 bits per heavy atom. The van der Waals surface area contributed by atoms with Crippen LogP contribution in [0.5, 0.6) is 0 Å². The van der Waals surface area contributed by atoms with Crippen LogP contribution < -0.4 is 11.1 Å². The quantitative estimate of drug-likeness (QED) is 0.773. The summed E-state index contributed by atoms with van der Waals surface area (Å²) in [5, 5.41) is 9.75. The lowest BCUT2D eigenvalue weighted by atomic mass is 9.81. The summed E-state index contributed by atoms with van der Waals surface area (Å²) in [4.78, 5) is 12.0. The van der Waals surface area contributed by atoms with Gasteiger partial charge in [-0.1, -0.05) is 39.5 Å². The first kappa shape index (κ1) is 14.9. The van der Waals surface area contributed by atoms with Gasteiger partial charge in [0.05, 0.1) is 11.4 Å². The third-order valence-electron chi connectivity index (χ3n) is 4.43. The zero-order valence-corrected chi connectivity index (χ0v) is 12.5. The average molecular weight is 278 g/mol. The van der Waals surface area contributed by atoms with Crippen LogP contribution in [0.25, 0.3) is 0 Å². The second kappa shape index (κ2) is 6.77. The first-order valence-electron chi connectivity index (χ1n) is 7.72. The predicted molar refractivity (Wildman–Crippen MR) is 80.5 cm³/mol. The van der Waals surface area contributed by atoms with E-state index in [1.54, 1.807) is 0 Å². The highest BCUT2D eigenvalue weighted by Gasteiger charge is 2.19. The first-order valence-corrected chi connectivity index (χ1v) is 7.72. The maximum atomic E-state index is 12.0. The van der Waals surface area contributed by atoms with Crippen molar-refractivity contribution in [3.63, 3.8) is 0 Å². The number of aromatic nitrogens is 2. The van der Waals surface area contributed by atoms with Crippen molar-refractivity contribution in [3.8, 4) is 0 Å². The Morgan fingerprint density at radius 2 is 2.10 bits per heavy atom. The van der Waals surface area contributed by atoms with Crippen molar-refractivity contribution < 1.29 is 4.79 Å². The summed E-state index contributed by atoms with van der Waals surface area (Å²) < 4.78 is 0. The van der Waals surface area contributed by atoms with Gasteiger partial charge in [-0.15, -0.1) is 0 Å². The molecule has 1 aromatic heterocycles. The van der Waals surface area contributed by atoms with Crippen molar-refractivity contribution >= 4 is 11.6 Å². The topological polar surface area (TPSA) is 83.8 Å². The Kier molecular flexibility index (Phi) is 5.04. The number of rotatable bonds is 5. The Hall–Kier alpha value is -1.52. The number of hydrogen-bond donors (Lipinski definition) is 3. The van der Waals surface area contributed by atoms with Crippen molar-refractivity contribution in [3.05, 3.63) is 11.4 Å². The van der Waals surface area contributed by atoms with Crippen LogP contribution in [0.1, 0.15) is 62.1 Å². The van der Waals surface area contributed by atoms with Crippen LogP contribution in [0.3, 0.4) is 0 Å². The van der Waals surface area contributed by atoms with Crippen molar-refractivity contribution in [2.45, 2.75) is 52.4 Å². The van der Waals surface area contributed by atoms with Crippen LogP contribution in [-0.4, -0.2) is 22.6 Å².